The minimum atomic E-state index is -3.99. The Morgan fingerprint density at radius 3 is 2.58 bits per heavy atom. The van der Waals surface area contributed by atoms with Gasteiger partial charge in [0.25, 0.3) is 10.0 Å². The van der Waals surface area contributed by atoms with Gasteiger partial charge in [0.2, 0.25) is 0 Å². The lowest BCUT2D eigenvalue weighted by Gasteiger charge is -2.32. The van der Waals surface area contributed by atoms with Gasteiger partial charge in [-0.3, -0.25) is 4.90 Å². The molecule has 1 aliphatic heterocycles. The zero-order chi connectivity index (χ0) is 18.9. The summed E-state index contributed by atoms with van der Waals surface area (Å²) in [6.45, 7) is 2.04. The average molecular weight is 376 g/mol. The third-order valence-corrected chi connectivity index (χ3v) is 5.65. The van der Waals surface area contributed by atoms with Gasteiger partial charge in [-0.15, -0.1) is 0 Å². The van der Waals surface area contributed by atoms with Crippen LogP contribution in [0.2, 0.25) is 0 Å². The maximum Gasteiger partial charge on any atom is 0.335 e. The fourth-order valence-corrected chi connectivity index (χ4v) is 3.80. The lowest BCUT2D eigenvalue weighted by molar-refractivity contribution is 0.164. The Balaban J connectivity index is 1.89. The normalized spacial score (nSPS) is 16.7. The first-order valence-corrected chi connectivity index (χ1v) is 9.57. The Morgan fingerprint density at radius 1 is 1.23 bits per heavy atom. The lowest BCUT2D eigenvalue weighted by atomic mass is 9.99. The van der Waals surface area contributed by atoms with Gasteiger partial charge in [-0.25, -0.2) is 17.9 Å². The summed E-state index contributed by atoms with van der Waals surface area (Å²) in [6, 6.07) is 10.4. The molecule has 0 bridgehead atoms. The van der Waals surface area contributed by atoms with E-state index in [1.54, 1.807) is 30.3 Å². The standard InChI is InChI=1S/C18H20N2O5S/c1-12-3-6-14(7-4-12)26(23,24)19-18(22)20-10-9-17(21)15-8-5-13(25-2)11-16(15)20/h3-8,11,17,21H,9-10H2,1-2H3,(H,19,22). The molecule has 2 aromatic carbocycles. The van der Waals surface area contributed by atoms with Gasteiger partial charge in [0.05, 0.1) is 23.8 Å². The topological polar surface area (TPSA) is 95.9 Å². The van der Waals surface area contributed by atoms with Crippen LogP contribution >= 0.6 is 0 Å². The predicted molar refractivity (Wildman–Crippen MR) is 96.8 cm³/mol. The van der Waals surface area contributed by atoms with Crippen molar-refractivity contribution in [1.82, 2.24) is 4.72 Å². The molecule has 0 spiro atoms. The molecule has 2 aromatic rings. The fraction of sp³-hybridized carbons (Fsp3) is 0.278. The quantitative estimate of drug-likeness (QED) is 0.857. The third kappa shape index (κ3) is 3.51. The van der Waals surface area contributed by atoms with Crippen LogP contribution in [0.3, 0.4) is 0 Å². The van der Waals surface area contributed by atoms with Crippen LogP contribution in [0.25, 0.3) is 0 Å². The molecule has 0 aliphatic carbocycles. The molecule has 8 heteroatoms. The number of urea groups is 1. The van der Waals surface area contributed by atoms with Gasteiger partial charge in [0, 0.05) is 18.2 Å². The number of aryl methyl sites for hydroxylation is 1. The summed E-state index contributed by atoms with van der Waals surface area (Å²) in [5.41, 5.74) is 1.90. The van der Waals surface area contributed by atoms with E-state index >= 15 is 0 Å². The number of sulfonamides is 1. The highest BCUT2D eigenvalue weighted by molar-refractivity contribution is 7.90. The van der Waals surface area contributed by atoms with Crippen LogP contribution in [0.4, 0.5) is 10.5 Å². The number of nitrogens with zero attached hydrogens (tertiary/aromatic N) is 1. The smallest absolute Gasteiger partial charge is 0.335 e. The van der Waals surface area contributed by atoms with E-state index in [2.05, 4.69) is 4.72 Å². The number of carbonyl (C=O) groups excluding carboxylic acids is 1. The molecule has 26 heavy (non-hydrogen) atoms. The van der Waals surface area contributed by atoms with Crippen molar-refractivity contribution in [2.24, 2.45) is 0 Å². The van der Waals surface area contributed by atoms with E-state index in [0.717, 1.165) is 5.56 Å². The minimum Gasteiger partial charge on any atom is -0.497 e. The van der Waals surface area contributed by atoms with Crippen LogP contribution in [0.5, 0.6) is 5.75 Å². The average Bonchev–Trinajstić information content (AvgIpc) is 2.61. The van der Waals surface area contributed by atoms with Crippen molar-refractivity contribution in [2.75, 3.05) is 18.6 Å². The number of rotatable bonds is 3. The molecule has 1 aliphatic rings. The first-order chi connectivity index (χ1) is 12.3. The van der Waals surface area contributed by atoms with Crippen LogP contribution in [-0.2, 0) is 10.0 Å². The number of aliphatic hydroxyl groups excluding tert-OH is 1. The number of benzene rings is 2. The molecule has 2 amide bonds. The molecule has 2 N–H and O–H groups in total. The van der Waals surface area contributed by atoms with Crippen LogP contribution in [0.15, 0.2) is 47.4 Å². The Bertz CT molecular complexity index is 925. The number of hydrogen-bond acceptors (Lipinski definition) is 5. The van der Waals surface area contributed by atoms with Crippen molar-refractivity contribution in [3.63, 3.8) is 0 Å². The minimum absolute atomic E-state index is 0.0133. The molecule has 0 saturated carbocycles. The van der Waals surface area contributed by atoms with E-state index in [1.807, 2.05) is 6.92 Å². The van der Waals surface area contributed by atoms with E-state index in [4.69, 9.17) is 4.74 Å². The van der Waals surface area contributed by atoms with Crippen molar-refractivity contribution in [3.05, 3.63) is 53.6 Å². The van der Waals surface area contributed by atoms with E-state index in [9.17, 15) is 18.3 Å². The zero-order valence-corrected chi connectivity index (χ0v) is 15.3. The second-order valence-corrected chi connectivity index (χ2v) is 7.79. The van der Waals surface area contributed by atoms with E-state index in [1.165, 1.54) is 24.1 Å². The number of aliphatic hydroxyl groups is 1. The van der Waals surface area contributed by atoms with E-state index in [0.29, 0.717) is 23.4 Å². The number of hydrogen-bond donors (Lipinski definition) is 2. The summed E-state index contributed by atoms with van der Waals surface area (Å²) in [6.07, 6.45) is -0.397. The highest BCUT2D eigenvalue weighted by Gasteiger charge is 2.30. The van der Waals surface area contributed by atoms with Crippen LogP contribution in [0, 0.1) is 6.92 Å². The zero-order valence-electron chi connectivity index (χ0n) is 14.5. The van der Waals surface area contributed by atoms with E-state index < -0.39 is 22.2 Å². The van der Waals surface area contributed by atoms with Gasteiger partial charge in [0.1, 0.15) is 5.75 Å². The first-order valence-electron chi connectivity index (χ1n) is 8.09. The van der Waals surface area contributed by atoms with Gasteiger partial charge in [-0.1, -0.05) is 23.8 Å². The highest BCUT2D eigenvalue weighted by atomic mass is 32.2. The third-order valence-electron chi connectivity index (χ3n) is 4.31. The number of fused-ring (bicyclic) bond motifs is 1. The van der Waals surface area contributed by atoms with Crippen molar-refractivity contribution >= 4 is 21.7 Å². The molecule has 1 heterocycles. The van der Waals surface area contributed by atoms with Crippen LogP contribution < -0.4 is 14.4 Å². The van der Waals surface area contributed by atoms with Gasteiger partial charge < -0.3 is 9.84 Å². The van der Waals surface area contributed by atoms with Crippen LogP contribution in [-0.4, -0.2) is 33.2 Å². The Hall–Kier alpha value is -2.58. The summed E-state index contributed by atoms with van der Waals surface area (Å²) in [5, 5.41) is 10.1. The largest absolute Gasteiger partial charge is 0.497 e. The maximum atomic E-state index is 12.6. The highest BCUT2D eigenvalue weighted by Crippen LogP contribution is 2.36. The molecule has 7 nitrogen and oxygen atoms in total. The van der Waals surface area contributed by atoms with Gasteiger partial charge in [0.15, 0.2) is 0 Å². The molecule has 3 rings (SSSR count). The second-order valence-electron chi connectivity index (χ2n) is 6.10. The molecule has 0 radical (unpaired) electrons. The maximum absolute atomic E-state index is 12.6. The first kappa shape index (κ1) is 18.2. The van der Waals surface area contributed by atoms with Gasteiger partial charge in [-0.05, 0) is 31.5 Å². The molecule has 0 saturated heterocycles. The Labute approximate surface area is 152 Å². The molecule has 138 valence electrons. The van der Waals surface area contributed by atoms with E-state index in [-0.39, 0.29) is 11.4 Å². The molecular weight excluding hydrogens is 356 g/mol. The molecule has 0 fully saturated rings. The molecule has 0 aromatic heterocycles. The summed E-state index contributed by atoms with van der Waals surface area (Å²) >= 11 is 0. The number of nitrogens with one attached hydrogen (secondary N) is 1. The molecule has 1 unspecified atom stereocenters. The SMILES string of the molecule is COc1ccc2c(c1)N(C(=O)NS(=O)(=O)c1ccc(C)cc1)CCC2O. The monoisotopic (exact) mass is 376 g/mol. The number of ether oxygens (including phenoxy) is 1. The van der Waals surface area contributed by atoms with Crippen molar-refractivity contribution in [1.29, 1.82) is 0 Å². The van der Waals surface area contributed by atoms with Gasteiger partial charge in [-0.2, -0.15) is 0 Å². The summed E-state index contributed by atoms with van der Waals surface area (Å²) in [4.78, 5) is 14.0. The summed E-state index contributed by atoms with van der Waals surface area (Å²) < 4.78 is 32.2. The Morgan fingerprint density at radius 2 is 1.92 bits per heavy atom. The summed E-state index contributed by atoms with van der Waals surface area (Å²) in [7, 11) is -2.50. The summed E-state index contributed by atoms with van der Waals surface area (Å²) in [5.74, 6) is 0.511. The fourth-order valence-electron chi connectivity index (χ4n) is 2.85. The Kier molecular flexibility index (Phi) is 4.88. The molecular formula is C18H20N2O5S. The van der Waals surface area contributed by atoms with Crippen molar-refractivity contribution in [3.8, 4) is 5.75 Å². The van der Waals surface area contributed by atoms with Crippen molar-refractivity contribution < 1.29 is 23.1 Å². The number of methoxy groups -OCH3 is 1. The number of anilines is 1. The van der Waals surface area contributed by atoms with Crippen molar-refractivity contribution in [2.45, 2.75) is 24.3 Å². The second kappa shape index (κ2) is 6.97. The number of amides is 2. The lowest BCUT2D eigenvalue weighted by Crippen LogP contribution is -2.45. The molecule has 1 atom stereocenters. The van der Waals surface area contributed by atoms with Gasteiger partial charge >= 0.3 is 6.03 Å². The van der Waals surface area contributed by atoms with Crippen LogP contribution in [0.1, 0.15) is 23.7 Å². The predicted octanol–water partition coefficient (Wildman–Crippen LogP) is 2.35. The number of carbonyl (C=O) groups is 1.